The molecule has 0 saturated carbocycles. The topological polar surface area (TPSA) is 33.6 Å². The minimum absolute atomic E-state index is 0.312. The number of nitrogens with zero attached hydrogens (tertiary/aromatic N) is 1. The molecule has 20 heavy (non-hydrogen) atoms. The van der Waals surface area contributed by atoms with Gasteiger partial charge in [0.05, 0.1) is 0 Å². The van der Waals surface area contributed by atoms with E-state index in [1.165, 1.54) is 6.07 Å². The molecular formula is C16H21FN2O. The van der Waals surface area contributed by atoms with Crippen LogP contribution in [0.5, 0.6) is 0 Å². The summed E-state index contributed by atoms with van der Waals surface area (Å²) in [5, 5.41) is 3.39. The van der Waals surface area contributed by atoms with Crippen molar-refractivity contribution in [3.63, 3.8) is 0 Å². The number of hydrogen-bond acceptors (Lipinski definition) is 3. The minimum atomic E-state index is -0.312. The van der Waals surface area contributed by atoms with Gasteiger partial charge in [-0.15, -0.1) is 0 Å². The van der Waals surface area contributed by atoms with Crippen molar-refractivity contribution in [2.45, 2.75) is 25.8 Å². The first kappa shape index (κ1) is 14.9. The van der Waals surface area contributed by atoms with Gasteiger partial charge < -0.3 is 10.1 Å². The number of para-hydroxylation sites is 1. The van der Waals surface area contributed by atoms with Crippen LogP contribution in [0.25, 0.3) is 5.57 Å². The molecule has 2 rings (SSSR count). The Balaban J connectivity index is 1.95. The molecule has 0 spiro atoms. The lowest BCUT2D eigenvalue weighted by atomic mass is 10.1. The Morgan fingerprint density at radius 1 is 1.50 bits per heavy atom. The van der Waals surface area contributed by atoms with Crippen molar-refractivity contribution >= 4 is 17.5 Å². The molecule has 1 fully saturated rings. The number of nitrogens with one attached hydrogen (secondary N) is 1. The second-order valence-electron chi connectivity index (χ2n) is 5.02. The van der Waals surface area contributed by atoms with Gasteiger partial charge in [-0.05, 0) is 31.4 Å². The smallest absolute Gasteiger partial charge is 0.149 e. The van der Waals surface area contributed by atoms with E-state index in [1.54, 1.807) is 12.3 Å². The van der Waals surface area contributed by atoms with Crippen LogP contribution in [0.4, 0.5) is 10.1 Å². The van der Waals surface area contributed by atoms with Gasteiger partial charge in [0.1, 0.15) is 11.5 Å². The van der Waals surface area contributed by atoms with Crippen molar-refractivity contribution in [3.05, 3.63) is 36.2 Å². The second-order valence-corrected chi connectivity index (χ2v) is 5.02. The van der Waals surface area contributed by atoms with E-state index in [-0.39, 0.29) is 5.82 Å². The molecule has 0 unspecified atom stereocenters. The van der Waals surface area contributed by atoms with Gasteiger partial charge in [-0.3, -0.25) is 4.99 Å². The van der Waals surface area contributed by atoms with Crippen molar-refractivity contribution in [2.75, 3.05) is 19.8 Å². The van der Waals surface area contributed by atoms with Crippen LogP contribution in [0, 0.1) is 5.82 Å². The fourth-order valence-corrected chi connectivity index (χ4v) is 2.25. The van der Waals surface area contributed by atoms with Gasteiger partial charge in [0.25, 0.3) is 0 Å². The summed E-state index contributed by atoms with van der Waals surface area (Å²) in [6.45, 7) is 7.96. The van der Waals surface area contributed by atoms with E-state index in [1.807, 2.05) is 13.0 Å². The van der Waals surface area contributed by atoms with E-state index in [0.29, 0.717) is 18.3 Å². The lowest BCUT2D eigenvalue weighted by Crippen LogP contribution is -2.35. The maximum absolute atomic E-state index is 13.8. The largest absolute Gasteiger partial charge is 0.381 e. The highest BCUT2D eigenvalue weighted by Crippen LogP contribution is 2.27. The SMILES string of the molecule is C=C(C)c1cccc(F)c1N=CCNC1CCOCC1. The number of allylic oxidation sites excluding steroid dienone is 1. The Morgan fingerprint density at radius 2 is 2.25 bits per heavy atom. The van der Waals surface area contributed by atoms with Gasteiger partial charge in [0.15, 0.2) is 0 Å². The third-order valence-corrected chi connectivity index (χ3v) is 3.39. The quantitative estimate of drug-likeness (QED) is 0.837. The first-order valence-electron chi connectivity index (χ1n) is 6.96. The molecule has 0 radical (unpaired) electrons. The average Bonchev–Trinajstić information content (AvgIpc) is 2.45. The maximum Gasteiger partial charge on any atom is 0.149 e. The Hall–Kier alpha value is -1.52. The third-order valence-electron chi connectivity index (χ3n) is 3.39. The van der Waals surface area contributed by atoms with Crippen LogP contribution in [-0.2, 0) is 4.74 Å². The number of hydrogen-bond donors (Lipinski definition) is 1. The standard InChI is InChI=1S/C16H21FN2O/c1-12(2)14-4-3-5-15(17)16(14)19-9-8-18-13-6-10-20-11-7-13/h3-5,9,13,18H,1,6-8,10-11H2,2H3. The zero-order valence-corrected chi connectivity index (χ0v) is 11.9. The highest BCUT2D eigenvalue weighted by molar-refractivity contribution is 5.76. The molecule has 1 N–H and O–H groups in total. The van der Waals surface area contributed by atoms with Gasteiger partial charge >= 0.3 is 0 Å². The first-order chi connectivity index (χ1) is 9.68. The van der Waals surface area contributed by atoms with Crippen LogP contribution in [0.3, 0.4) is 0 Å². The highest BCUT2D eigenvalue weighted by Gasteiger charge is 2.12. The molecule has 1 aromatic carbocycles. The molecule has 0 aromatic heterocycles. The molecule has 0 atom stereocenters. The van der Waals surface area contributed by atoms with Crippen molar-refractivity contribution < 1.29 is 9.13 Å². The molecule has 0 amide bonds. The fraction of sp³-hybridized carbons (Fsp3) is 0.438. The minimum Gasteiger partial charge on any atom is -0.381 e. The Morgan fingerprint density at radius 3 is 2.95 bits per heavy atom. The highest BCUT2D eigenvalue weighted by atomic mass is 19.1. The third kappa shape index (κ3) is 3.99. The second kappa shape index (κ2) is 7.31. The summed E-state index contributed by atoms with van der Waals surface area (Å²) in [5.41, 5.74) is 1.94. The van der Waals surface area contributed by atoms with Gasteiger partial charge in [0, 0.05) is 37.6 Å². The molecule has 1 saturated heterocycles. The number of rotatable bonds is 5. The van der Waals surface area contributed by atoms with Crippen molar-refractivity contribution in [2.24, 2.45) is 4.99 Å². The molecule has 1 heterocycles. The Bertz CT molecular complexity index is 493. The molecule has 1 aromatic rings. The lowest BCUT2D eigenvalue weighted by molar-refractivity contribution is 0.0792. The zero-order chi connectivity index (χ0) is 14.4. The summed E-state index contributed by atoms with van der Waals surface area (Å²) in [4.78, 5) is 4.26. The predicted molar refractivity (Wildman–Crippen MR) is 81.1 cm³/mol. The maximum atomic E-state index is 13.8. The van der Waals surface area contributed by atoms with Crippen LogP contribution in [0.2, 0.25) is 0 Å². The summed E-state index contributed by atoms with van der Waals surface area (Å²) in [6.07, 6.45) is 3.76. The van der Waals surface area contributed by atoms with E-state index < -0.39 is 0 Å². The zero-order valence-electron chi connectivity index (χ0n) is 11.9. The molecular weight excluding hydrogens is 255 g/mol. The molecule has 1 aliphatic heterocycles. The summed E-state index contributed by atoms with van der Waals surface area (Å²) in [5.74, 6) is -0.312. The van der Waals surface area contributed by atoms with Crippen molar-refractivity contribution in [3.8, 4) is 0 Å². The number of ether oxygens (including phenoxy) is 1. The van der Waals surface area contributed by atoms with Gasteiger partial charge in [-0.2, -0.15) is 0 Å². The Kier molecular flexibility index (Phi) is 5.44. The first-order valence-corrected chi connectivity index (χ1v) is 6.96. The molecule has 4 heteroatoms. The molecule has 0 bridgehead atoms. The predicted octanol–water partition coefficient (Wildman–Crippen LogP) is 3.33. The van der Waals surface area contributed by atoms with Crippen LogP contribution in [0.1, 0.15) is 25.3 Å². The van der Waals surface area contributed by atoms with Gasteiger partial charge in [0.2, 0.25) is 0 Å². The summed E-state index contributed by atoms with van der Waals surface area (Å²) in [7, 11) is 0. The van der Waals surface area contributed by atoms with Crippen LogP contribution in [-0.4, -0.2) is 32.0 Å². The lowest BCUT2D eigenvalue weighted by Gasteiger charge is -2.22. The van der Waals surface area contributed by atoms with E-state index in [4.69, 9.17) is 4.74 Å². The van der Waals surface area contributed by atoms with E-state index in [9.17, 15) is 4.39 Å². The van der Waals surface area contributed by atoms with Crippen molar-refractivity contribution in [1.29, 1.82) is 0 Å². The molecule has 3 nitrogen and oxygen atoms in total. The van der Waals surface area contributed by atoms with E-state index in [2.05, 4.69) is 16.9 Å². The van der Waals surface area contributed by atoms with Gasteiger partial charge in [-0.1, -0.05) is 18.7 Å². The summed E-state index contributed by atoms with van der Waals surface area (Å²) in [6, 6.07) is 5.41. The molecule has 108 valence electrons. The Labute approximate surface area is 119 Å². The van der Waals surface area contributed by atoms with Crippen LogP contribution < -0.4 is 5.32 Å². The number of halogens is 1. The van der Waals surface area contributed by atoms with Gasteiger partial charge in [-0.25, -0.2) is 4.39 Å². The number of aliphatic imine (C=N–C) groups is 1. The molecule has 0 aliphatic carbocycles. The van der Waals surface area contributed by atoms with Crippen LogP contribution >= 0.6 is 0 Å². The van der Waals surface area contributed by atoms with E-state index >= 15 is 0 Å². The fourth-order valence-electron chi connectivity index (χ4n) is 2.25. The number of benzene rings is 1. The molecule has 1 aliphatic rings. The average molecular weight is 276 g/mol. The monoisotopic (exact) mass is 276 g/mol. The van der Waals surface area contributed by atoms with Crippen molar-refractivity contribution in [1.82, 2.24) is 5.32 Å². The van der Waals surface area contributed by atoms with E-state index in [0.717, 1.165) is 37.2 Å². The van der Waals surface area contributed by atoms with Crippen LogP contribution in [0.15, 0.2) is 29.8 Å². The summed E-state index contributed by atoms with van der Waals surface area (Å²) < 4.78 is 19.1. The summed E-state index contributed by atoms with van der Waals surface area (Å²) >= 11 is 0. The normalized spacial score (nSPS) is 16.7.